The highest BCUT2D eigenvalue weighted by Gasteiger charge is 2.62. The van der Waals surface area contributed by atoms with Crippen molar-refractivity contribution in [1.82, 2.24) is 19.9 Å². The van der Waals surface area contributed by atoms with E-state index in [1.165, 1.54) is 4.90 Å². The fourth-order valence-corrected chi connectivity index (χ4v) is 10.5. The Bertz CT molecular complexity index is 2160. The van der Waals surface area contributed by atoms with Gasteiger partial charge in [-0.2, -0.15) is 0 Å². The summed E-state index contributed by atoms with van der Waals surface area (Å²) < 4.78 is 47.1. The molecule has 3 saturated carbocycles. The maximum atomic E-state index is 14.9. The highest BCUT2D eigenvalue weighted by molar-refractivity contribution is 7.91. The number of ketones is 1. The molecule has 2 aromatic rings. The van der Waals surface area contributed by atoms with Crippen molar-refractivity contribution < 1.29 is 41.8 Å². The van der Waals surface area contributed by atoms with Crippen LogP contribution in [0.1, 0.15) is 125 Å². The van der Waals surface area contributed by atoms with Crippen LogP contribution in [0, 0.1) is 28.6 Å². The second-order valence-electron chi connectivity index (χ2n) is 20.7. The molecule has 3 heterocycles. The normalized spacial score (nSPS) is 29.2. The van der Waals surface area contributed by atoms with Gasteiger partial charge in [0.2, 0.25) is 27.7 Å². The van der Waals surface area contributed by atoms with Gasteiger partial charge in [-0.05, 0) is 102 Å². The van der Waals surface area contributed by atoms with Crippen LogP contribution in [-0.4, -0.2) is 90.1 Å². The van der Waals surface area contributed by atoms with E-state index < -0.39 is 61.5 Å². The summed E-state index contributed by atoms with van der Waals surface area (Å²) in [5, 5.41) is 4.37. The minimum Gasteiger partial charge on any atom is -0.491 e. The Hall–Kier alpha value is -4.04. The topological polar surface area (TPSA) is 170 Å². The second kappa shape index (κ2) is 16.9. The van der Waals surface area contributed by atoms with E-state index in [-0.39, 0.29) is 61.5 Å². The Kier molecular flexibility index (Phi) is 12.5. The van der Waals surface area contributed by atoms with E-state index in [1.807, 2.05) is 45.0 Å². The predicted molar refractivity (Wildman–Crippen MR) is 232 cm³/mol. The Balaban J connectivity index is 1.23. The van der Waals surface area contributed by atoms with Gasteiger partial charge in [0, 0.05) is 30.3 Å². The molecule has 7 rings (SSSR count). The van der Waals surface area contributed by atoms with Crippen LogP contribution >= 0.6 is 0 Å². The molecule has 1 aromatic carbocycles. The van der Waals surface area contributed by atoms with E-state index in [9.17, 15) is 27.6 Å². The average molecular weight is 863 g/mol. The first-order valence-corrected chi connectivity index (χ1v) is 23.8. The number of esters is 1. The number of pyridine rings is 1. The van der Waals surface area contributed by atoms with Crippen molar-refractivity contribution in [3.63, 3.8) is 0 Å². The molecule has 2 bridgehead atoms. The van der Waals surface area contributed by atoms with E-state index in [0.29, 0.717) is 49.6 Å². The van der Waals surface area contributed by atoms with Gasteiger partial charge in [0.05, 0.1) is 46.2 Å². The Morgan fingerprint density at radius 3 is 2.46 bits per heavy atom. The minimum atomic E-state index is -3.96. The molecule has 2 N–H and O–H groups in total. The summed E-state index contributed by atoms with van der Waals surface area (Å²) in [4.78, 5) is 63.6. The van der Waals surface area contributed by atoms with E-state index >= 15 is 0 Å². The molecular formula is C47H66N4O9S. The number of carbonyl (C=O) groups excluding carboxylic acids is 4. The van der Waals surface area contributed by atoms with Gasteiger partial charge >= 0.3 is 5.97 Å². The van der Waals surface area contributed by atoms with Crippen molar-refractivity contribution in [2.45, 2.75) is 154 Å². The summed E-state index contributed by atoms with van der Waals surface area (Å²) in [6.07, 6.45) is 6.76. The average Bonchev–Trinajstić information content (AvgIpc) is 4.14. The van der Waals surface area contributed by atoms with Crippen LogP contribution in [0.5, 0.6) is 11.6 Å². The summed E-state index contributed by atoms with van der Waals surface area (Å²) in [7, 11) is -3.96. The lowest BCUT2D eigenvalue weighted by molar-refractivity contribution is -0.154. The lowest BCUT2D eigenvalue weighted by Gasteiger charge is -2.34. The highest BCUT2D eigenvalue weighted by atomic mass is 32.2. The van der Waals surface area contributed by atoms with Crippen LogP contribution in [0.4, 0.5) is 0 Å². The third kappa shape index (κ3) is 9.95. The molecule has 1 saturated heterocycles. The fourth-order valence-electron chi connectivity index (χ4n) is 9.16. The number of amides is 2. The molecule has 13 nitrogen and oxygen atoms in total. The molecule has 2 amide bonds. The molecule has 0 radical (unpaired) electrons. The van der Waals surface area contributed by atoms with Gasteiger partial charge in [-0.25, -0.2) is 13.4 Å². The van der Waals surface area contributed by atoms with Crippen molar-refractivity contribution in [2.75, 3.05) is 19.7 Å². The molecular weight excluding hydrogens is 797 g/mol. The first kappa shape index (κ1) is 45.0. The van der Waals surface area contributed by atoms with Crippen molar-refractivity contribution >= 4 is 44.5 Å². The summed E-state index contributed by atoms with van der Waals surface area (Å²) in [5.41, 5.74) is -0.548. The number of nitrogens with zero attached hydrogens (tertiary/aromatic N) is 2. The number of carbonyl (C=O) groups is 4. The number of Topliss-reactive ketones (excluding diaryl/α,β-unsaturated/α-hetero) is 1. The summed E-state index contributed by atoms with van der Waals surface area (Å²) in [6, 6.07) is 6.79. The van der Waals surface area contributed by atoms with Gasteiger partial charge in [0.25, 0.3) is 0 Å². The van der Waals surface area contributed by atoms with Gasteiger partial charge in [-0.1, -0.05) is 51.8 Å². The first-order chi connectivity index (χ1) is 28.6. The lowest BCUT2D eigenvalue weighted by atomic mass is 9.77. The molecule has 14 heteroatoms. The van der Waals surface area contributed by atoms with E-state index in [1.54, 1.807) is 13.0 Å². The van der Waals surface area contributed by atoms with Gasteiger partial charge in [-0.15, -0.1) is 6.58 Å². The number of sulfonamides is 1. The monoisotopic (exact) mass is 862 g/mol. The van der Waals surface area contributed by atoms with Crippen molar-refractivity contribution in [2.24, 2.45) is 28.6 Å². The number of nitrogens with one attached hydrogen (secondary N) is 2. The molecule has 1 aromatic heterocycles. The Morgan fingerprint density at radius 2 is 1.79 bits per heavy atom. The second-order valence-corrected chi connectivity index (χ2v) is 22.9. The van der Waals surface area contributed by atoms with Gasteiger partial charge in [0.1, 0.15) is 24.6 Å². The van der Waals surface area contributed by atoms with E-state index in [4.69, 9.17) is 19.2 Å². The molecule has 2 aliphatic heterocycles. The number of hydrogen-bond donors (Lipinski definition) is 2. The zero-order valence-electron chi connectivity index (χ0n) is 37.1. The quantitative estimate of drug-likeness (QED) is 0.142. The zero-order chi connectivity index (χ0) is 44.1. The maximum absolute atomic E-state index is 14.9. The third-order valence-electron chi connectivity index (χ3n) is 13.6. The predicted octanol–water partition coefficient (Wildman–Crippen LogP) is 6.60. The zero-order valence-corrected chi connectivity index (χ0v) is 38.0. The van der Waals surface area contributed by atoms with Crippen LogP contribution in [0.3, 0.4) is 0 Å². The number of para-hydroxylation sites is 1. The van der Waals surface area contributed by atoms with Crippen LogP contribution in [0.15, 0.2) is 36.9 Å². The summed E-state index contributed by atoms with van der Waals surface area (Å²) >= 11 is 0. The number of allylic oxidation sites excluding steroid dienone is 1. The number of benzene rings is 1. The molecule has 0 spiro atoms. The lowest BCUT2D eigenvalue weighted by Crippen LogP contribution is -2.49. The smallest absolute Gasteiger partial charge is 0.306 e. The third-order valence-corrected chi connectivity index (χ3v) is 15.8. The Morgan fingerprint density at radius 1 is 1.05 bits per heavy atom. The molecule has 3 aliphatic carbocycles. The highest BCUT2D eigenvalue weighted by Crippen LogP contribution is 2.57. The van der Waals surface area contributed by atoms with Gasteiger partial charge in [-0.3, -0.25) is 23.9 Å². The molecule has 5 aliphatic rings. The molecule has 4 fully saturated rings. The minimum absolute atomic E-state index is 0.0397. The number of rotatable bonds is 11. The van der Waals surface area contributed by atoms with Gasteiger partial charge in [0.15, 0.2) is 5.78 Å². The van der Waals surface area contributed by atoms with E-state index in [2.05, 4.69) is 37.4 Å². The van der Waals surface area contributed by atoms with Crippen molar-refractivity contribution in [3.8, 4) is 11.6 Å². The summed E-state index contributed by atoms with van der Waals surface area (Å²) in [6.45, 7) is 18.6. The fraction of sp³-hybridized carbons (Fsp3) is 0.681. The standard InChI is InChI=1S/C47H66N4O9S/c1-9-30-26-47(30,43(55)50-61(56,57)46(8)19-20-46)27-37(52)36-24-31-28-51(36)42(54)34(44(2,3)4)25-39(53)60-38-23-29(38)15-11-10-12-17-33-40(58-22-21-48-45(5,6)7)32-16-13-14-18-35(32)49-41(33)59-31/h9,13-14,16,18,29-31,34,36,38,48H,1,10-12,15,17,19-28H2,2-8H3,(H,50,55)/t29-,30-,31-,34-,36+,38-,47-/m1/s1. The Labute approximate surface area is 361 Å². The van der Waals surface area contributed by atoms with Crippen molar-refractivity contribution in [1.29, 1.82) is 0 Å². The molecule has 334 valence electrons. The largest absolute Gasteiger partial charge is 0.491 e. The van der Waals surface area contributed by atoms with Crippen LogP contribution < -0.4 is 19.5 Å². The molecule has 61 heavy (non-hydrogen) atoms. The number of ether oxygens (including phenoxy) is 3. The van der Waals surface area contributed by atoms with Crippen molar-refractivity contribution in [3.05, 3.63) is 42.5 Å². The number of hydrogen-bond acceptors (Lipinski definition) is 11. The molecule has 7 atom stereocenters. The SMILES string of the molecule is C=C[C@@H]1C[C@]1(CC(=O)[C@@H]1C[C@@H]2CN1C(=O)[C@H](C(C)(C)C)CC(=O)O[C@@H]1C[C@H]1CCCCCc1c(nc3ccccc3c1OCCNC(C)(C)C)O2)C(=O)NS(=O)(=O)C1(C)CC1. The van der Waals surface area contributed by atoms with Crippen LogP contribution in [0.25, 0.3) is 10.9 Å². The van der Waals surface area contributed by atoms with Gasteiger partial charge < -0.3 is 24.4 Å². The number of fused-ring (bicyclic) bond motifs is 5. The van der Waals surface area contributed by atoms with E-state index in [0.717, 1.165) is 43.1 Å². The first-order valence-electron chi connectivity index (χ1n) is 22.3. The number of aromatic nitrogens is 1. The maximum Gasteiger partial charge on any atom is 0.306 e. The summed E-state index contributed by atoms with van der Waals surface area (Å²) in [5.74, 6) is -1.74. The van der Waals surface area contributed by atoms with Crippen LogP contribution in [0.2, 0.25) is 0 Å². The van der Waals surface area contributed by atoms with Crippen LogP contribution in [-0.2, 0) is 40.4 Å². The molecule has 0 unspecified atom stereocenters.